The number of rotatable bonds is 1. The Bertz CT molecular complexity index is 856. The molecule has 114 valence electrons. The Kier molecular flexibility index (Phi) is 2.83. The third-order valence-corrected chi connectivity index (χ3v) is 4.14. The van der Waals surface area contributed by atoms with Crippen molar-refractivity contribution in [1.29, 1.82) is 0 Å². The quantitative estimate of drug-likeness (QED) is 0.602. The minimum atomic E-state index is -1.62. The maximum Gasteiger partial charge on any atom is 0.151 e. The predicted molar refractivity (Wildman–Crippen MR) is 84.8 cm³/mol. The fourth-order valence-electron chi connectivity index (χ4n) is 3.08. The summed E-state index contributed by atoms with van der Waals surface area (Å²) >= 11 is 0. The maximum atomic E-state index is 11.6. The smallest absolute Gasteiger partial charge is 0.151 e. The Labute approximate surface area is 132 Å². The molecule has 0 fully saturated rings. The highest BCUT2D eigenvalue weighted by Gasteiger charge is 2.43. The van der Waals surface area contributed by atoms with Gasteiger partial charge in [0.15, 0.2) is 5.60 Å². The molecule has 0 aromatic heterocycles. The van der Waals surface area contributed by atoms with Crippen LogP contribution in [0.1, 0.15) is 16.7 Å². The molecule has 1 heterocycles. The third-order valence-electron chi connectivity index (χ3n) is 4.14. The van der Waals surface area contributed by atoms with E-state index in [0.29, 0.717) is 22.6 Å². The molecule has 4 rings (SSSR count). The minimum Gasteiger partial charge on any atom is -0.508 e. The van der Waals surface area contributed by atoms with Crippen LogP contribution in [0.5, 0.6) is 23.0 Å². The first-order valence-electron chi connectivity index (χ1n) is 7.22. The Morgan fingerprint density at radius 2 is 1.26 bits per heavy atom. The number of fused-ring (bicyclic) bond motifs is 2. The second-order valence-corrected chi connectivity index (χ2v) is 5.51. The van der Waals surface area contributed by atoms with Crippen molar-refractivity contribution < 1.29 is 20.1 Å². The number of hydrogen-bond acceptors (Lipinski definition) is 4. The van der Waals surface area contributed by atoms with Gasteiger partial charge >= 0.3 is 0 Å². The van der Waals surface area contributed by atoms with Crippen LogP contribution in [-0.4, -0.2) is 15.3 Å². The summed E-state index contributed by atoms with van der Waals surface area (Å²) in [7, 11) is 0. The Hall–Kier alpha value is -2.98. The van der Waals surface area contributed by atoms with E-state index in [1.54, 1.807) is 36.4 Å². The highest BCUT2D eigenvalue weighted by molar-refractivity contribution is 5.63. The van der Waals surface area contributed by atoms with Crippen LogP contribution in [0.15, 0.2) is 66.7 Å². The van der Waals surface area contributed by atoms with Crippen molar-refractivity contribution in [2.75, 3.05) is 0 Å². The van der Waals surface area contributed by atoms with Crippen LogP contribution in [-0.2, 0) is 5.60 Å². The van der Waals surface area contributed by atoms with E-state index in [9.17, 15) is 15.3 Å². The number of phenols is 2. The van der Waals surface area contributed by atoms with E-state index in [2.05, 4.69) is 0 Å². The van der Waals surface area contributed by atoms with Crippen LogP contribution in [0.2, 0.25) is 0 Å². The van der Waals surface area contributed by atoms with E-state index < -0.39 is 5.60 Å². The first-order valence-corrected chi connectivity index (χ1v) is 7.22. The zero-order valence-corrected chi connectivity index (χ0v) is 12.1. The van der Waals surface area contributed by atoms with E-state index >= 15 is 0 Å². The lowest BCUT2D eigenvalue weighted by Gasteiger charge is -2.36. The molecule has 3 aromatic carbocycles. The highest BCUT2D eigenvalue weighted by Crippen LogP contribution is 2.52. The molecule has 1 aliphatic heterocycles. The van der Waals surface area contributed by atoms with Crippen LogP contribution in [0.4, 0.5) is 0 Å². The van der Waals surface area contributed by atoms with Crippen molar-refractivity contribution in [3.05, 3.63) is 83.4 Å². The van der Waals surface area contributed by atoms with Gasteiger partial charge in [-0.25, -0.2) is 0 Å². The lowest BCUT2D eigenvalue weighted by molar-refractivity contribution is 0.109. The van der Waals surface area contributed by atoms with Crippen LogP contribution in [0, 0.1) is 0 Å². The van der Waals surface area contributed by atoms with Crippen LogP contribution < -0.4 is 4.74 Å². The largest absolute Gasteiger partial charge is 0.508 e. The van der Waals surface area contributed by atoms with Gasteiger partial charge in [-0.1, -0.05) is 36.4 Å². The lowest BCUT2D eigenvalue weighted by Crippen LogP contribution is -2.32. The SMILES string of the molecule is Oc1ccc(O)c(C2(O)c3ccccc3Oc3ccccc32)c1. The second kappa shape index (κ2) is 4.76. The molecule has 0 aliphatic carbocycles. The summed E-state index contributed by atoms with van der Waals surface area (Å²) in [5.74, 6) is 0.886. The number of hydrogen-bond donors (Lipinski definition) is 3. The molecule has 4 nitrogen and oxygen atoms in total. The minimum absolute atomic E-state index is 0.0346. The lowest BCUT2D eigenvalue weighted by atomic mass is 9.77. The molecule has 1 aliphatic rings. The third kappa shape index (κ3) is 1.89. The molecule has 3 aromatic rings. The first kappa shape index (κ1) is 13.7. The van der Waals surface area contributed by atoms with Crippen molar-refractivity contribution in [3.8, 4) is 23.0 Å². The Balaban J connectivity index is 2.09. The Morgan fingerprint density at radius 3 is 1.87 bits per heavy atom. The predicted octanol–water partition coefficient (Wildman–Crippen LogP) is 3.49. The molecule has 0 saturated carbocycles. The number of benzene rings is 3. The van der Waals surface area contributed by atoms with Gasteiger partial charge in [-0.3, -0.25) is 0 Å². The topological polar surface area (TPSA) is 69.9 Å². The van der Waals surface area contributed by atoms with Crippen molar-refractivity contribution >= 4 is 0 Å². The van der Waals surface area contributed by atoms with Gasteiger partial charge < -0.3 is 20.1 Å². The van der Waals surface area contributed by atoms with E-state index in [4.69, 9.17) is 4.74 Å². The average Bonchev–Trinajstić information content (AvgIpc) is 2.57. The van der Waals surface area contributed by atoms with E-state index in [1.807, 2.05) is 12.1 Å². The molecule has 0 saturated heterocycles. The Morgan fingerprint density at radius 1 is 0.696 bits per heavy atom. The number of aliphatic hydroxyl groups is 1. The van der Waals surface area contributed by atoms with E-state index in [-0.39, 0.29) is 17.1 Å². The molecule has 0 unspecified atom stereocenters. The fraction of sp³-hybridized carbons (Fsp3) is 0.0526. The van der Waals surface area contributed by atoms with Gasteiger partial charge in [0, 0.05) is 16.7 Å². The van der Waals surface area contributed by atoms with Gasteiger partial charge in [-0.2, -0.15) is 0 Å². The molecular weight excluding hydrogens is 292 g/mol. The monoisotopic (exact) mass is 306 g/mol. The molecular formula is C19H14O4. The summed E-state index contributed by atoms with van der Waals surface area (Å²) in [6, 6.07) is 18.3. The molecule has 0 radical (unpaired) electrons. The summed E-state index contributed by atoms with van der Waals surface area (Å²) in [6.45, 7) is 0. The average molecular weight is 306 g/mol. The van der Waals surface area contributed by atoms with Crippen LogP contribution >= 0.6 is 0 Å². The summed E-state index contributed by atoms with van der Waals surface area (Å²) in [6.07, 6.45) is 0. The van der Waals surface area contributed by atoms with Gasteiger partial charge in [0.1, 0.15) is 23.0 Å². The van der Waals surface area contributed by atoms with Crippen molar-refractivity contribution in [2.24, 2.45) is 0 Å². The molecule has 0 amide bonds. The standard InChI is InChI=1S/C19H14O4/c20-12-9-10-16(21)15(11-12)19(22)13-5-1-3-7-17(13)23-18-8-4-2-6-14(18)19/h1-11,20-22H. The summed E-state index contributed by atoms with van der Waals surface area (Å²) in [4.78, 5) is 0. The van der Waals surface area contributed by atoms with Gasteiger partial charge in [0.2, 0.25) is 0 Å². The van der Waals surface area contributed by atoms with Gasteiger partial charge in [-0.15, -0.1) is 0 Å². The van der Waals surface area contributed by atoms with Gasteiger partial charge in [0.05, 0.1) is 0 Å². The fourth-order valence-corrected chi connectivity index (χ4v) is 3.08. The number of phenolic OH excluding ortho intramolecular Hbond substituents is 2. The van der Waals surface area contributed by atoms with Gasteiger partial charge in [-0.05, 0) is 30.3 Å². The zero-order chi connectivity index (χ0) is 16.0. The van der Waals surface area contributed by atoms with E-state index in [0.717, 1.165) is 0 Å². The number of para-hydroxylation sites is 2. The van der Waals surface area contributed by atoms with Crippen molar-refractivity contribution in [3.63, 3.8) is 0 Å². The molecule has 3 N–H and O–H groups in total. The maximum absolute atomic E-state index is 11.6. The zero-order valence-electron chi connectivity index (χ0n) is 12.1. The summed E-state index contributed by atoms with van der Waals surface area (Å²) < 4.78 is 5.86. The molecule has 23 heavy (non-hydrogen) atoms. The van der Waals surface area contributed by atoms with Gasteiger partial charge in [0.25, 0.3) is 0 Å². The van der Waals surface area contributed by atoms with Crippen LogP contribution in [0.25, 0.3) is 0 Å². The number of ether oxygens (including phenoxy) is 1. The first-order chi connectivity index (χ1) is 11.1. The van der Waals surface area contributed by atoms with Crippen molar-refractivity contribution in [1.82, 2.24) is 0 Å². The summed E-state index contributed by atoms with van der Waals surface area (Å²) in [5.41, 5.74) is -0.381. The second-order valence-electron chi connectivity index (χ2n) is 5.51. The molecule has 0 bridgehead atoms. The molecule has 4 heteroatoms. The molecule has 0 spiro atoms. The highest BCUT2D eigenvalue weighted by atomic mass is 16.5. The summed E-state index contributed by atoms with van der Waals surface area (Å²) in [5, 5.41) is 31.7. The molecule has 0 atom stereocenters. The van der Waals surface area contributed by atoms with Crippen LogP contribution in [0.3, 0.4) is 0 Å². The normalized spacial score (nSPS) is 14.5. The number of aromatic hydroxyl groups is 2. The van der Waals surface area contributed by atoms with E-state index in [1.165, 1.54) is 18.2 Å². The van der Waals surface area contributed by atoms with Crippen molar-refractivity contribution in [2.45, 2.75) is 5.60 Å².